The number of aromatic nitrogens is 1. The molecule has 0 saturated heterocycles. The third-order valence-corrected chi connectivity index (χ3v) is 5.73. The molecule has 2 heterocycles. The van der Waals surface area contributed by atoms with E-state index in [9.17, 15) is 4.79 Å². The van der Waals surface area contributed by atoms with Crippen LogP contribution in [0.2, 0.25) is 5.02 Å². The summed E-state index contributed by atoms with van der Waals surface area (Å²) >= 11 is 7.55. The van der Waals surface area contributed by atoms with Crippen molar-refractivity contribution in [1.82, 2.24) is 4.98 Å². The second-order valence-electron chi connectivity index (χ2n) is 6.92. The molecule has 1 amide bonds. The molecule has 1 aromatic heterocycles. The maximum atomic E-state index is 13.3. The van der Waals surface area contributed by atoms with E-state index in [2.05, 4.69) is 19.1 Å². The molecule has 3 aromatic rings. The van der Waals surface area contributed by atoms with Crippen LogP contribution in [0.1, 0.15) is 0 Å². The van der Waals surface area contributed by atoms with Crippen LogP contribution in [0, 0.1) is 0 Å². The fraction of sp³-hybridized carbons (Fsp3) is 0.300. The molecular weight excluding hydrogens is 398 g/mol. The third-order valence-electron chi connectivity index (χ3n) is 4.46. The average Bonchev–Trinajstić information content (AvgIpc) is 3.10. The van der Waals surface area contributed by atoms with Crippen molar-refractivity contribution in [1.29, 1.82) is 0 Å². The minimum absolute atomic E-state index is 0.152. The molecule has 0 unspecified atom stereocenters. The van der Waals surface area contributed by atoms with Gasteiger partial charge in [0.2, 0.25) is 6.10 Å². The van der Waals surface area contributed by atoms with Crippen molar-refractivity contribution < 1.29 is 19.2 Å². The number of ether oxygens (including phenoxy) is 2. The van der Waals surface area contributed by atoms with Crippen molar-refractivity contribution in [3.8, 4) is 11.5 Å². The lowest BCUT2D eigenvalue weighted by atomic mass is 10.2. The molecule has 146 valence electrons. The smallest absolute Gasteiger partial charge is 0.273 e. The second kappa shape index (κ2) is 7.95. The molecular formula is C20H21ClN3O3S+. The molecule has 0 spiro atoms. The van der Waals surface area contributed by atoms with Crippen LogP contribution in [0.3, 0.4) is 0 Å². The van der Waals surface area contributed by atoms with Crippen molar-refractivity contribution in [3.05, 3.63) is 47.5 Å². The number of amides is 1. The first-order valence-electron chi connectivity index (χ1n) is 9.06. The average molecular weight is 419 g/mol. The van der Waals surface area contributed by atoms with Crippen LogP contribution in [0.15, 0.2) is 42.5 Å². The molecule has 1 aliphatic heterocycles. The van der Waals surface area contributed by atoms with Gasteiger partial charge in [0.05, 0.1) is 37.4 Å². The number of anilines is 1. The molecule has 6 nitrogen and oxygen atoms in total. The summed E-state index contributed by atoms with van der Waals surface area (Å²) < 4.78 is 12.6. The summed E-state index contributed by atoms with van der Waals surface area (Å²) in [5.41, 5.74) is 0.825. The first-order valence-corrected chi connectivity index (χ1v) is 10.3. The van der Waals surface area contributed by atoms with Gasteiger partial charge in [-0.25, -0.2) is 4.98 Å². The number of halogens is 1. The quantitative estimate of drug-likeness (QED) is 0.690. The van der Waals surface area contributed by atoms with Gasteiger partial charge in [-0.15, -0.1) is 0 Å². The summed E-state index contributed by atoms with van der Waals surface area (Å²) in [5, 5.41) is 1.30. The summed E-state index contributed by atoms with van der Waals surface area (Å²) in [6.45, 7) is 1.50. The monoisotopic (exact) mass is 418 g/mol. The highest BCUT2D eigenvalue weighted by Gasteiger charge is 2.33. The fourth-order valence-electron chi connectivity index (χ4n) is 2.95. The number of carbonyl (C=O) groups is 1. The number of likely N-dealkylation sites (N-methyl/N-ethyl adjacent to an activating group) is 1. The summed E-state index contributed by atoms with van der Waals surface area (Å²) in [6.07, 6.45) is -0.706. The SMILES string of the molecule is C[NH+](C)CCN(C(=O)[C@@H]1COc2ccccc2O1)c1nc2ccc(Cl)cc2s1. The molecule has 1 atom stereocenters. The lowest BCUT2D eigenvalue weighted by molar-refractivity contribution is -0.856. The van der Waals surface area contributed by atoms with Crippen LogP contribution in [0.4, 0.5) is 5.13 Å². The molecule has 8 heteroatoms. The topological polar surface area (TPSA) is 56.1 Å². The maximum Gasteiger partial charge on any atom is 0.273 e. The van der Waals surface area contributed by atoms with Crippen LogP contribution in [-0.4, -0.2) is 50.8 Å². The normalized spacial score (nSPS) is 15.8. The molecule has 0 radical (unpaired) electrons. The molecule has 0 bridgehead atoms. The number of carbonyl (C=O) groups excluding carboxylic acids is 1. The molecule has 0 fully saturated rings. The van der Waals surface area contributed by atoms with E-state index in [1.54, 1.807) is 11.0 Å². The van der Waals surface area contributed by atoms with E-state index in [1.807, 2.05) is 36.4 Å². The van der Waals surface area contributed by atoms with Gasteiger partial charge >= 0.3 is 0 Å². The van der Waals surface area contributed by atoms with E-state index in [-0.39, 0.29) is 12.5 Å². The van der Waals surface area contributed by atoms with Gasteiger partial charge in [-0.1, -0.05) is 35.1 Å². The van der Waals surface area contributed by atoms with Gasteiger partial charge in [0, 0.05) is 5.02 Å². The number of para-hydroxylation sites is 2. The lowest BCUT2D eigenvalue weighted by Gasteiger charge is -2.29. The summed E-state index contributed by atoms with van der Waals surface area (Å²) in [6, 6.07) is 12.9. The van der Waals surface area contributed by atoms with E-state index >= 15 is 0 Å². The Kier molecular flexibility index (Phi) is 5.39. The predicted molar refractivity (Wildman–Crippen MR) is 111 cm³/mol. The predicted octanol–water partition coefficient (Wildman–Crippen LogP) is 2.27. The minimum Gasteiger partial charge on any atom is -0.485 e. The first kappa shape index (κ1) is 19.0. The fourth-order valence-corrected chi connectivity index (χ4v) is 4.23. The number of hydrogen-bond acceptors (Lipinski definition) is 5. The zero-order valence-corrected chi connectivity index (χ0v) is 17.2. The largest absolute Gasteiger partial charge is 0.485 e. The number of fused-ring (bicyclic) bond motifs is 2. The Labute approximate surface area is 172 Å². The molecule has 1 aliphatic rings. The molecule has 4 rings (SSSR count). The number of hydrogen-bond donors (Lipinski definition) is 1. The third kappa shape index (κ3) is 3.92. The number of benzene rings is 2. The highest BCUT2D eigenvalue weighted by Crippen LogP contribution is 2.34. The van der Waals surface area contributed by atoms with E-state index in [1.165, 1.54) is 16.2 Å². The van der Waals surface area contributed by atoms with Crippen molar-refractivity contribution >= 4 is 44.2 Å². The number of thiazole rings is 1. The van der Waals surface area contributed by atoms with Crippen molar-refractivity contribution in [2.24, 2.45) is 0 Å². The highest BCUT2D eigenvalue weighted by molar-refractivity contribution is 7.22. The molecule has 0 saturated carbocycles. The van der Waals surface area contributed by atoms with Gasteiger partial charge in [-0.2, -0.15) is 0 Å². The van der Waals surface area contributed by atoms with Crippen molar-refractivity contribution in [2.45, 2.75) is 6.10 Å². The number of nitrogens with one attached hydrogen (secondary N) is 1. The van der Waals surface area contributed by atoms with Gasteiger partial charge in [-0.05, 0) is 30.3 Å². The van der Waals surface area contributed by atoms with Crippen LogP contribution < -0.4 is 19.3 Å². The van der Waals surface area contributed by atoms with Gasteiger partial charge in [0.1, 0.15) is 6.61 Å². The zero-order valence-electron chi connectivity index (χ0n) is 15.6. The van der Waals surface area contributed by atoms with E-state index < -0.39 is 6.10 Å². The van der Waals surface area contributed by atoms with Crippen LogP contribution >= 0.6 is 22.9 Å². The van der Waals surface area contributed by atoms with E-state index in [4.69, 9.17) is 21.1 Å². The first-order chi connectivity index (χ1) is 13.5. The minimum atomic E-state index is -0.706. The highest BCUT2D eigenvalue weighted by atomic mass is 35.5. The molecule has 0 aliphatic carbocycles. The number of quaternary nitrogens is 1. The Morgan fingerprint density at radius 1 is 1.29 bits per heavy atom. The maximum absolute atomic E-state index is 13.3. The van der Waals surface area contributed by atoms with Crippen LogP contribution in [-0.2, 0) is 4.79 Å². The van der Waals surface area contributed by atoms with Crippen LogP contribution in [0.25, 0.3) is 10.2 Å². The van der Waals surface area contributed by atoms with Gasteiger partial charge < -0.3 is 14.4 Å². The Morgan fingerprint density at radius 3 is 2.86 bits per heavy atom. The Balaban J connectivity index is 1.62. The van der Waals surface area contributed by atoms with Gasteiger partial charge in [-0.3, -0.25) is 9.69 Å². The van der Waals surface area contributed by atoms with Crippen LogP contribution in [0.5, 0.6) is 11.5 Å². The summed E-state index contributed by atoms with van der Waals surface area (Å²) in [4.78, 5) is 20.9. The van der Waals surface area contributed by atoms with E-state index in [0.717, 1.165) is 16.8 Å². The standard InChI is InChI=1S/C20H20ClN3O3S/c1-23(2)9-10-24(20-22-14-8-7-13(21)11-18(14)28-20)19(25)17-12-26-15-5-3-4-6-16(15)27-17/h3-8,11,17H,9-10,12H2,1-2H3/p+1/t17-/m0/s1. The number of rotatable bonds is 5. The second-order valence-corrected chi connectivity index (χ2v) is 8.37. The Bertz CT molecular complexity index is 1010. The van der Waals surface area contributed by atoms with Crippen molar-refractivity contribution in [3.63, 3.8) is 0 Å². The Hall–Kier alpha value is -2.35. The van der Waals surface area contributed by atoms with Crippen molar-refractivity contribution in [2.75, 3.05) is 38.7 Å². The van der Waals surface area contributed by atoms with Gasteiger partial charge in [0.15, 0.2) is 16.6 Å². The summed E-state index contributed by atoms with van der Waals surface area (Å²) in [5.74, 6) is 1.09. The molecule has 28 heavy (non-hydrogen) atoms. The Morgan fingerprint density at radius 2 is 2.07 bits per heavy atom. The number of nitrogens with zero attached hydrogens (tertiary/aromatic N) is 2. The van der Waals surface area contributed by atoms with Gasteiger partial charge in [0.25, 0.3) is 5.91 Å². The zero-order chi connectivity index (χ0) is 19.7. The van der Waals surface area contributed by atoms with E-state index in [0.29, 0.717) is 28.2 Å². The lowest BCUT2D eigenvalue weighted by Crippen LogP contribution is -3.06. The molecule has 2 aromatic carbocycles. The molecule has 1 N–H and O–H groups in total. The summed E-state index contributed by atoms with van der Waals surface area (Å²) in [7, 11) is 4.11.